The smallest absolute Gasteiger partial charge is 0.136 e. The molecule has 0 radical (unpaired) electrons. The number of thiazole rings is 1. The van der Waals surface area contributed by atoms with Crippen molar-refractivity contribution in [2.24, 2.45) is 0 Å². The van der Waals surface area contributed by atoms with Gasteiger partial charge in [0.25, 0.3) is 0 Å². The first-order valence-electron chi connectivity index (χ1n) is 10.3. The molecule has 5 rings (SSSR count). The van der Waals surface area contributed by atoms with Gasteiger partial charge in [-0.25, -0.2) is 4.98 Å². The number of hydrogen-bond donors (Lipinski definition) is 1. The van der Waals surface area contributed by atoms with Crippen molar-refractivity contribution >= 4 is 56.0 Å². The number of benzene rings is 3. The summed E-state index contributed by atoms with van der Waals surface area (Å²) in [6, 6.07) is 24.5. The maximum Gasteiger partial charge on any atom is 0.136 e. The Morgan fingerprint density at radius 2 is 1.88 bits per heavy atom. The molecule has 0 bridgehead atoms. The third kappa shape index (κ3) is 3.64. The number of nitrogens with zero attached hydrogens (tertiary/aromatic N) is 3. The summed E-state index contributed by atoms with van der Waals surface area (Å²) in [7, 11) is 0. The average Bonchev–Trinajstić information content (AvgIpc) is 3.43. The van der Waals surface area contributed by atoms with Crippen LogP contribution in [0, 0.1) is 11.3 Å². The fourth-order valence-corrected chi connectivity index (χ4v) is 4.85. The highest BCUT2D eigenvalue weighted by Crippen LogP contribution is 2.31. The van der Waals surface area contributed by atoms with Crippen LogP contribution in [-0.4, -0.2) is 9.55 Å². The van der Waals surface area contributed by atoms with Gasteiger partial charge < -0.3 is 9.88 Å². The minimum Gasteiger partial charge on any atom is -0.360 e. The molecule has 0 aliphatic carbocycles. The quantitative estimate of drug-likeness (QED) is 0.278. The molecule has 0 spiro atoms. The Balaban J connectivity index is 1.46. The van der Waals surface area contributed by atoms with Crippen LogP contribution in [0.3, 0.4) is 0 Å². The normalized spacial score (nSPS) is 11.7. The van der Waals surface area contributed by atoms with Gasteiger partial charge in [0.2, 0.25) is 0 Å². The number of fused-ring (bicyclic) bond motifs is 3. The Morgan fingerprint density at radius 3 is 2.66 bits per heavy atom. The van der Waals surface area contributed by atoms with E-state index >= 15 is 0 Å². The van der Waals surface area contributed by atoms with E-state index in [0.29, 0.717) is 15.6 Å². The topological polar surface area (TPSA) is 53.6 Å². The highest BCUT2D eigenvalue weighted by atomic mass is 35.5. The van der Waals surface area contributed by atoms with E-state index in [-0.39, 0.29) is 0 Å². The number of rotatable bonds is 5. The molecule has 3 aromatic carbocycles. The number of para-hydroxylation sites is 1. The Bertz CT molecular complexity index is 1500. The number of aromatic nitrogens is 2. The van der Waals surface area contributed by atoms with Crippen LogP contribution in [0.4, 0.5) is 5.69 Å². The first-order valence-corrected chi connectivity index (χ1v) is 11.5. The van der Waals surface area contributed by atoms with Crippen LogP contribution in [0.25, 0.3) is 38.6 Å². The van der Waals surface area contributed by atoms with Crippen molar-refractivity contribution in [3.05, 3.63) is 88.3 Å². The SMILES string of the molecule is CCn1c2ccccc2c2cc(NC=C(C#N)c3nc(-c4ccc(Cl)cc4)cs3)ccc21. The number of hydrogen-bond acceptors (Lipinski definition) is 4. The first-order chi connectivity index (χ1) is 15.7. The molecule has 0 saturated carbocycles. The monoisotopic (exact) mass is 454 g/mol. The second kappa shape index (κ2) is 8.51. The summed E-state index contributed by atoms with van der Waals surface area (Å²) in [5.74, 6) is 0. The zero-order valence-electron chi connectivity index (χ0n) is 17.3. The van der Waals surface area contributed by atoms with Crippen molar-refractivity contribution < 1.29 is 0 Å². The van der Waals surface area contributed by atoms with Crippen LogP contribution in [-0.2, 0) is 6.54 Å². The van der Waals surface area contributed by atoms with Crippen LogP contribution in [0.2, 0.25) is 5.02 Å². The van der Waals surface area contributed by atoms with Gasteiger partial charge in [0, 0.05) is 56.2 Å². The Kier molecular flexibility index (Phi) is 5.40. The lowest BCUT2D eigenvalue weighted by Crippen LogP contribution is -1.94. The summed E-state index contributed by atoms with van der Waals surface area (Å²) >= 11 is 7.42. The molecule has 2 heterocycles. The van der Waals surface area contributed by atoms with E-state index in [4.69, 9.17) is 11.6 Å². The lowest BCUT2D eigenvalue weighted by Gasteiger charge is -2.05. The third-order valence-electron chi connectivity index (χ3n) is 5.47. The molecule has 0 fully saturated rings. The van der Waals surface area contributed by atoms with Gasteiger partial charge in [-0.1, -0.05) is 41.9 Å². The zero-order chi connectivity index (χ0) is 22.1. The van der Waals surface area contributed by atoms with Gasteiger partial charge in [0.05, 0.1) is 5.69 Å². The Labute approximate surface area is 195 Å². The van der Waals surface area contributed by atoms with Crippen molar-refractivity contribution in [3.8, 4) is 17.3 Å². The van der Waals surface area contributed by atoms with E-state index in [0.717, 1.165) is 23.5 Å². The second-order valence-electron chi connectivity index (χ2n) is 7.35. The molecule has 0 amide bonds. The van der Waals surface area contributed by atoms with Crippen LogP contribution in [0.5, 0.6) is 0 Å². The predicted octanol–water partition coefficient (Wildman–Crippen LogP) is 7.57. The van der Waals surface area contributed by atoms with Gasteiger partial charge in [-0.05, 0) is 43.3 Å². The summed E-state index contributed by atoms with van der Waals surface area (Å²) in [5, 5.41) is 18.7. The minimum absolute atomic E-state index is 0.492. The van der Waals surface area contributed by atoms with Gasteiger partial charge in [-0.15, -0.1) is 11.3 Å². The molecule has 32 heavy (non-hydrogen) atoms. The van der Waals surface area contributed by atoms with E-state index in [2.05, 4.69) is 64.3 Å². The molecule has 0 saturated heterocycles. The zero-order valence-corrected chi connectivity index (χ0v) is 18.9. The van der Waals surface area contributed by atoms with Gasteiger partial charge >= 0.3 is 0 Å². The third-order valence-corrected chi connectivity index (χ3v) is 6.59. The lowest BCUT2D eigenvalue weighted by atomic mass is 10.1. The highest BCUT2D eigenvalue weighted by Gasteiger charge is 2.11. The largest absolute Gasteiger partial charge is 0.360 e. The fraction of sp³-hybridized carbons (Fsp3) is 0.0769. The van der Waals surface area contributed by atoms with E-state index in [1.165, 1.54) is 33.1 Å². The summed E-state index contributed by atoms with van der Waals surface area (Å²) in [6.45, 7) is 3.07. The molecule has 0 unspecified atom stereocenters. The van der Waals surface area contributed by atoms with Gasteiger partial charge in [0.1, 0.15) is 16.6 Å². The van der Waals surface area contributed by atoms with Crippen molar-refractivity contribution in [1.29, 1.82) is 5.26 Å². The van der Waals surface area contributed by atoms with E-state index in [1.54, 1.807) is 6.20 Å². The molecule has 5 aromatic rings. The van der Waals surface area contributed by atoms with Crippen LogP contribution < -0.4 is 5.32 Å². The average molecular weight is 455 g/mol. The van der Waals surface area contributed by atoms with Gasteiger partial charge in [-0.2, -0.15) is 5.26 Å². The van der Waals surface area contributed by atoms with Crippen LogP contribution >= 0.6 is 22.9 Å². The standard InChI is InChI=1S/C26H19ClN4S/c1-2-31-24-6-4-3-5-21(24)22-13-20(11-12-25(22)31)29-15-18(14-28)26-30-23(16-32-26)17-7-9-19(27)10-8-17/h3-13,15-16,29H,2H2,1H3. The highest BCUT2D eigenvalue weighted by molar-refractivity contribution is 7.11. The second-order valence-corrected chi connectivity index (χ2v) is 8.65. The van der Waals surface area contributed by atoms with Crippen LogP contribution in [0.1, 0.15) is 11.9 Å². The minimum atomic E-state index is 0.492. The molecular formula is C26H19ClN4S. The molecular weight excluding hydrogens is 436 g/mol. The fourth-order valence-electron chi connectivity index (χ4n) is 3.93. The maximum atomic E-state index is 9.71. The van der Waals surface area contributed by atoms with E-state index in [1.807, 2.05) is 35.7 Å². The van der Waals surface area contributed by atoms with Crippen molar-refractivity contribution in [2.45, 2.75) is 13.5 Å². The van der Waals surface area contributed by atoms with E-state index < -0.39 is 0 Å². The molecule has 4 nitrogen and oxygen atoms in total. The lowest BCUT2D eigenvalue weighted by molar-refractivity contribution is 0.827. The number of nitriles is 1. The van der Waals surface area contributed by atoms with Crippen molar-refractivity contribution in [2.75, 3.05) is 5.32 Å². The maximum absolute atomic E-state index is 9.71. The molecule has 0 atom stereocenters. The molecule has 2 aromatic heterocycles. The molecule has 1 N–H and O–H groups in total. The number of allylic oxidation sites excluding steroid dienone is 1. The Morgan fingerprint density at radius 1 is 1.09 bits per heavy atom. The van der Waals surface area contributed by atoms with Crippen LogP contribution in [0.15, 0.2) is 78.3 Å². The molecule has 0 aliphatic rings. The predicted molar refractivity (Wildman–Crippen MR) is 135 cm³/mol. The Hall–Kier alpha value is -3.59. The van der Waals surface area contributed by atoms with Crippen molar-refractivity contribution in [1.82, 2.24) is 9.55 Å². The number of anilines is 1. The van der Waals surface area contributed by atoms with Gasteiger partial charge in [0.15, 0.2) is 0 Å². The summed E-state index contributed by atoms with van der Waals surface area (Å²) in [4.78, 5) is 4.64. The van der Waals surface area contributed by atoms with E-state index in [9.17, 15) is 5.26 Å². The molecule has 6 heteroatoms. The molecule has 0 aliphatic heterocycles. The van der Waals surface area contributed by atoms with Crippen molar-refractivity contribution in [3.63, 3.8) is 0 Å². The number of nitrogens with one attached hydrogen (secondary N) is 1. The summed E-state index contributed by atoms with van der Waals surface area (Å²) in [6.07, 6.45) is 1.73. The first kappa shape index (κ1) is 20.3. The van der Waals surface area contributed by atoms with Gasteiger partial charge in [-0.3, -0.25) is 0 Å². The summed E-state index contributed by atoms with van der Waals surface area (Å²) < 4.78 is 2.32. The summed E-state index contributed by atoms with van der Waals surface area (Å²) in [5.41, 5.74) is 5.66. The number of aryl methyl sites for hydroxylation is 1. The number of halogens is 1. The molecule has 156 valence electrons.